The van der Waals surface area contributed by atoms with Crippen LogP contribution in [0.3, 0.4) is 0 Å². The average Bonchev–Trinajstić information content (AvgIpc) is 2.52. The first kappa shape index (κ1) is 19.1. The van der Waals surface area contributed by atoms with Crippen molar-refractivity contribution in [2.45, 2.75) is 64.6 Å². The van der Waals surface area contributed by atoms with Gasteiger partial charge in [0.2, 0.25) is 0 Å². The summed E-state index contributed by atoms with van der Waals surface area (Å²) in [6, 6.07) is 9.35. The molecule has 1 aliphatic rings. The summed E-state index contributed by atoms with van der Waals surface area (Å²) < 4.78 is 5.38. The van der Waals surface area contributed by atoms with Gasteiger partial charge in [-0.05, 0) is 36.7 Å². The minimum atomic E-state index is -1.03. The van der Waals surface area contributed by atoms with E-state index >= 15 is 0 Å². The minimum absolute atomic E-state index is 0.167. The molecule has 0 bridgehead atoms. The highest BCUT2D eigenvalue weighted by molar-refractivity contribution is 5.69. The summed E-state index contributed by atoms with van der Waals surface area (Å²) in [6.45, 7) is 6.40. The first-order valence-corrected chi connectivity index (χ1v) is 8.70. The van der Waals surface area contributed by atoms with E-state index in [1.165, 1.54) is 0 Å². The third-order valence-corrected chi connectivity index (χ3v) is 5.07. The van der Waals surface area contributed by atoms with Crippen molar-refractivity contribution < 1.29 is 19.4 Å². The number of amides is 2. The van der Waals surface area contributed by atoms with E-state index < -0.39 is 17.7 Å². The van der Waals surface area contributed by atoms with Gasteiger partial charge in [-0.1, -0.05) is 51.1 Å². The van der Waals surface area contributed by atoms with Gasteiger partial charge < -0.3 is 20.5 Å². The SMILES string of the molecule is CC(C)(C)[C@@]1(NC(=O)OCc2ccccc2)CCC[C@H](NC(=O)O)C1. The minimum Gasteiger partial charge on any atom is -0.465 e. The fraction of sp³-hybridized carbons (Fsp3) is 0.579. The van der Waals surface area contributed by atoms with Crippen molar-refractivity contribution in [2.75, 3.05) is 0 Å². The van der Waals surface area contributed by atoms with Crippen LogP contribution >= 0.6 is 0 Å². The van der Waals surface area contributed by atoms with Crippen molar-refractivity contribution in [1.82, 2.24) is 10.6 Å². The molecule has 6 heteroatoms. The molecule has 0 unspecified atom stereocenters. The Labute approximate surface area is 149 Å². The molecule has 0 radical (unpaired) electrons. The lowest BCUT2D eigenvalue weighted by Crippen LogP contribution is -2.61. The molecule has 2 rings (SSSR count). The highest BCUT2D eigenvalue weighted by Gasteiger charge is 2.47. The molecular formula is C19H28N2O4. The van der Waals surface area contributed by atoms with E-state index in [1.54, 1.807) is 0 Å². The number of hydrogen-bond acceptors (Lipinski definition) is 3. The molecule has 138 valence electrons. The van der Waals surface area contributed by atoms with Gasteiger partial charge >= 0.3 is 12.2 Å². The van der Waals surface area contributed by atoms with Gasteiger partial charge in [0, 0.05) is 6.04 Å². The molecule has 3 N–H and O–H groups in total. The fourth-order valence-corrected chi connectivity index (χ4v) is 3.51. The molecular weight excluding hydrogens is 320 g/mol. The van der Waals surface area contributed by atoms with Crippen LogP contribution in [0.25, 0.3) is 0 Å². The van der Waals surface area contributed by atoms with Gasteiger partial charge in [0.25, 0.3) is 0 Å². The average molecular weight is 348 g/mol. The van der Waals surface area contributed by atoms with Crippen molar-refractivity contribution >= 4 is 12.2 Å². The number of carboxylic acid groups (broad SMARTS) is 1. The van der Waals surface area contributed by atoms with Crippen molar-refractivity contribution in [3.8, 4) is 0 Å². The lowest BCUT2D eigenvalue weighted by molar-refractivity contribution is 0.0568. The van der Waals surface area contributed by atoms with Crippen LogP contribution in [0.5, 0.6) is 0 Å². The van der Waals surface area contributed by atoms with E-state index in [0.717, 1.165) is 24.8 Å². The third-order valence-electron chi connectivity index (χ3n) is 5.07. The number of carbonyl (C=O) groups is 2. The van der Waals surface area contributed by atoms with Gasteiger partial charge in [0.15, 0.2) is 0 Å². The molecule has 2 atom stereocenters. The number of alkyl carbamates (subject to hydrolysis) is 1. The Morgan fingerprint density at radius 2 is 1.96 bits per heavy atom. The highest BCUT2D eigenvalue weighted by atomic mass is 16.5. The Kier molecular flexibility index (Phi) is 5.93. The second kappa shape index (κ2) is 7.76. The molecule has 1 fully saturated rings. The summed E-state index contributed by atoms with van der Waals surface area (Å²) in [5.41, 5.74) is 0.195. The second-order valence-corrected chi connectivity index (χ2v) is 7.76. The monoisotopic (exact) mass is 348 g/mol. The zero-order chi connectivity index (χ0) is 18.5. The number of benzene rings is 1. The molecule has 0 saturated heterocycles. The fourth-order valence-electron chi connectivity index (χ4n) is 3.51. The van der Waals surface area contributed by atoms with Gasteiger partial charge in [-0.15, -0.1) is 0 Å². The van der Waals surface area contributed by atoms with Crippen molar-refractivity contribution in [2.24, 2.45) is 5.41 Å². The summed E-state index contributed by atoms with van der Waals surface area (Å²) in [6.07, 6.45) is 1.50. The van der Waals surface area contributed by atoms with Crippen molar-refractivity contribution in [3.63, 3.8) is 0 Å². The number of ether oxygens (including phenoxy) is 1. The van der Waals surface area contributed by atoms with E-state index in [9.17, 15) is 9.59 Å². The standard InChI is InChI=1S/C19H28N2O4/c1-18(2,3)19(11-7-10-15(12-19)20-16(22)23)21-17(24)25-13-14-8-5-4-6-9-14/h4-6,8-9,15,20H,7,10-13H2,1-3H3,(H,21,24)(H,22,23)/t15-,19+/m0/s1. The van der Waals surface area contributed by atoms with Gasteiger partial charge in [-0.25, -0.2) is 9.59 Å². The molecule has 0 aromatic heterocycles. The summed E-state index contributed by atoms with van der Waals surface area (Å²) >= 11 is 0. The molecule has 25 heavy (non-hydrogen) atoms. The van der Waals surface area contributed by atoms with Crippen LogP contribution in [0, 0.1) is 5.41 Å². The van der Waals surface area contributed by atoms with Crippen LogP contribution in [0.4, 0.5) is 9.59 Å². The largest absolute Gasteiger partial charge is 0.465 e. The molecule has 1 saturated carbocycles. The molecule has 0 aliphatic heterocycles. The van der Waals surface area contributed by atoms with Crippen molar-refractivity contribution in [1.29, 1.82) is 0 Å². The Morgan fingerprint density at radius 1 is 1.28 bits per heavy atom. The number of hydrogen-bond donors (Lipinski definition) is 3. The summed E-state index contributed by atoms with van der Waals surface area (Å²) in [5.74, 6) is 0. The maximum atomic E-state index is 12.4. The van der Waals surface area contributed by atoms with Crippen LogP contribution in [-0.4, -0.2) is 28.9 Å². The second-order valence-electron chi connectivity index (χ2n) is 7.76. The van der Waals surface area contributed by atoms with E-state index in [4.69, 9.17) is 9.84 Å². The van der Waals surface area contributed by atoms with E-state index in [0.29, 0.717) is 6.42 Å². The van der Waals surface area contributed by atoms with E-state index in [1.807, 2.05) is 30.3 Å². The van der Waals surface area contributed by atoms with Gasteiger partial charge in [-0.3, -0.25) is 0 Å². The van der Waals surface area contributed by atoms with Gasteiger partial charge in [0.05, 0.1) is 5.54 Å². The molecule has 0 spiro atoms. The smallest absolute Gasteiger partial charge is 0.407 e. The lowest BCUT2D eigenvalue weighted by Gasteiger charge is -2.49. The summed E-state index contributed by atoms with van der Waals surface area (Å²) in [5, 5.41) is 14.6. The maximum absolute atomic E-state index is 12.4. The van der Waals surface area contributed by atoms with Crippen LogP contribution < -0.4 is 10.6 Å². The summed E-state index contributed by atoms with van der Waals surface area (Å²) in [4.78, 5) is 23.4. The molecule has 1 aliphatic carbocycles. The zero-order valence-corrected chi connectivity index (χ0v) is 15.2. The molecule has 1 aromatic carbocycles. The Balaban J connectivity index is 2.04. The van der Waals surface area contributed by atoms with Crippen LogP contribution in [-0.2, 0) is 11.3 Å². The maximum Gasteiger partial charge on any atom is 0.407 e. The van der Waals surface area contributed by atoms with Gasteiger partial charge in [-0.2, -0.15) is 0 Å². The Hall–Kier alpha value is -2.24. The predicted molar refractivity (Wildman–Crippen MR) is 95.4 cm³/mol. The number of rotatable bonds is 4. The topological polar surface area (TPSA) is 87.7 Å². The van der Waals surface area contributed by atoms with E-state index in [2.05, 4.69) is 31.4 Å². The first-order valence-electron chi connectivity index (χ1n) is 8.70. The molecule has 2 amide bonds. The quantitative estimate of drug-likeness (QED) is 0.770. The number of carbonyl (C=O) groups excluding carboxylic acids is 1. The third kappa shape index (κ3) is 5.11. The molecule has 1 aromatic rings. The van der Waals surface area contributed by atoms with E-state index in [-0.39, 0.29) is 18.1 Å². The zero-order valence-electron chi connectivity index (χ0n) is 15.2. The van der Waals surface area contributed by atoms with Crippen molar-refractivity contribution in [3.05, 3.63) is 35.9 Å². The first-order chi connectivity index (χ1) is 11.7. The normalized spacial score (nSPS) is 23.6. The summed E-state index contributed by atoms with van der Waals surface area (Å²) in [7, 11) is 0. The van der Waals surface area contributed by atoms with Crippen LogP contribution in [0.2, 0.25) is 0 Å². The Morgan fingerprint density at radius 3 is 2.56 bits per heavy atom. The molecule has 6 nitrogen and oxygen atoms in total. The van der Waals surface area contributed by atoms with Crippen LogP contribution in [0.1, 0.15) is 52.0 Å². The highest BCUT2D eigenvalue weighted by Crippen LogP contribution is 2.42. The lowest BCUT2D eigenvalue weighted by atomic mass is 9.64. The van der Waals surface area contributed by atoms with Gasteiger partial charge in [0.1, 0.15) is 6.61 Å². The number of nitrogens with one attached hydrogen (secondary N) is 2. The predicted octanol–water partition coefficient (Wildman–Crippen LogP) is 3.91. The van der Waals surface area contributed by atoms with Crippen LogP contribution in [0.15, 0.2) is 30.3 Å². The molecule has 0 heterocycles. The Bertz CT molecular complexity index is 597.